The Morgan fingerprint density at radius 2 is 1.74 bits per heavy atom. The molecule has 0 aliphatic heterocycles. The fourth-order valence-electron chi connectivity index (χ4n) is 1.97. The van der Waals surface area contributed by atoms with E-state index in [1.54, 1.807) is 0 Å². The molecule has 0 radical (unpaired) electrons. The van der Waals surface area contributed by atoms with Crippen LogP contribution < -0.4 is 10.2 Å². The molecule has 3 nitrogen and oxygen atoms in total. The van der Waals surface area contributed by atoms with Gasteiger partial charge >= 0.3 is 0 Å². The van der Waals surface area contributed by atoms with Crippen molar-refractivity contribution in [2.45, 2.75) is 13.8 Å². The van der Waals surface area contributed by atoms with Gasteiger partial charge in [-0.3, -0.25) is 0 Å². The third-order valence-electron chi connectivity index (χ3n) is 2.98. The lowest BCUT2D eigenvalue weighted by molar-refractivity contribution is 0.866. The molecule has 4 heteroatoms. The monoisotopic (exact) mass is 319 g/mol. The number of pyridine rings is 1. The number of benzene rings is 1. The van der Waals surface area contributed by atoms with Gasteiger partial charge in [-0.25, -0.2) is 4.98 Å². The highest BCUT2D eigenvalue weighted by molar-refractivity contribution is 9.10. The van der Waals surface area contributed by atoms with Crippen molar-refractivity contribution in [2.75, 3.05) is 23.3 Å². The van der Waals surface area contributed by atoms with Gasteiger partial charge in [0.05, 0.1) is 0 Å². The summed E-state index contributed by atoms with van der Waals surface area (Å²) in [5.41, 5.74) is 2.29. The highest BCUT2D eigenvalue weighted by Crippen LogP contribution is 2.21. The molecule has 0 saturated carbocycles. The van der Waals surface area contributed by atoms with Crippen LogP contribution in [0.15, 0.2) is 47.1 Å². The molecule has 0 atom stereocenters. The first-order chi connectivity index (χ1) is 9.22. The van der Waals surface area contributed by atoms with Gasteiger partial charge in [0, 0.05) is 24.5 Å². The number of hydrogen-bond acceptors (Lipinski definition) is 3. The minimum absolute atomic E-state index is 0.831. The molecule has 0 bridgehead atoms. The summed E-state index contributed by atoms with van der Waals surface area (Å²) in [5.74, 6) is 0.838. The number of nitrogens with one attached hydrogen (secondary N) is 1. The van der Waals surface area contributed by atoms with Gasteiger partial charge in [0.1, 0.15) is 10.4 Å². The van der Waals surface area contributed by atoms with Crippen LogP contribution in [-0.2, 0) is 0 Å². The molecular formula is C15H18BrN3. The number of nitrogens with zero attached hydrogens (tertiary/aromatic N) is 2. The first kappa shape index (κ1) is 13.9. The number of hydrogen-bond donors (Lipinski definition) is 1. The van der Waals surface area contributed by atoms with Crippen molar-refractivity contribution >= 4 is 33.1 Å². The van der Waals surface area contributed by atoms with Crippen LogP contribution in [-0.4, -0.2) is 18.1 Å². The summed E-state index contributed by atoms with van der Waals surface area (Å²) in [6.07, 6.45) is 0. The van der Waals surface area contributed by atoms with E-state index in [-0.39, 0.29) is 0 Å². The first-order valence-corrected chi connectivity index (χ1v) is 7.26. The fraction of sp³-hybridized carbons (Fsp3) is 0.267. The highest BCUT2D eigenvalue weighted by atomic mass is 79.9. The van der Waals surface area contributed by atoms with Gasteiger partial charge < -0.3 is 10.2 Å². The molecule has 19 heavy (non-hydrogen) atoms. The van der Waals surface area contributed by atoms with Gasteiger partial charge in [-0.1, -0.05) is 6.07 Å². The van der Waals surface area contributed by atoms with E-state index in [4.69, 9.17) is 0 Å². The summed E-state index contributed by atoms with van der Waals surface area (Å²) in [5, 5.41) is 3.29. The lowest BCUT2D eigenvalue weighted by Gasteiger charge is -2.21. The molecule has 0 spiro atoms. The lowest BCUT2D eigenvalue weighted by atomic mass is 10.2. The second-order valence-electron chi connectivity index (χ2n) is 4.19. The molecule has 0 fully saturated rings. The lowest BCUT2D eigenvalue weighted by Crippen LogP contribution is -2.21. The standard InChI is InChI=1S/C15H18BrN3/c1-3-19(4-2)13-10-8-12(9-11-13)17-15-7-5-6-14(16)18-15/h5-11H,3-4H2,1-2H3,(H,17,18). The molecule has 0 unspecified atom stereocenters. The quantitative estimate of drug-likeness (QED) is 0.826. The van der Waals surface area contributed by atoms with Gasteiger partial charge in [0.25, 0.3) is 0 Å². The van der Waals surface area contributed by atoms with Gasteiger partial charge in [0.2, 0.25) is 0 Å². The van der Waals surface area contributed by atoms with Crippen molar-refractivity contribution in [1.82, 2.24) is 4.98 Å². The Bertz CT molecular complexity index is 521. The van der Waals surface area contributed by atoms with E-state index in [0.29, 0.717) is 0 Å². The number of aromatic nitrogens is 1. The normalized spacial score (nSPS) is 10.3. The number of halogens is 1. The molecular weight excluding hydrogens is 302 g/mol. The largest absolute Gasteiger partial charge is 0.372 e. The van der Waals surface area contributed by atoms with E-state index in [1.807, 2.05) is 18.2 Å². The molecule has 1 aromatic heterocycles. The van der Waals surface area contributed by atoms with E-state index in [2.05, 4.69) is 69.2 Å². The summed E-state index contributed by atoms with van der Waals surface area (Å²) in [7, 11) is 0. The Balaban J connectivity index is 2.10. The Kier molecular flexibility index (Phi) is 4.80. The van der Waals surface area contributed by atoms with E-state index in [1.165, 1.54) is 5.69 Å². The Morgan fingerprint density at radius 1 is 1.05 bits per heavy atom. The molecule has 0 aliphatic rings. The third kappa shape index (κ3) is 3.70. The molecule has 1 heterocycles. The average Bonchev–Trinajstić information content (AvgIpc) is 2.42. The minimum atomic E-state index is 0.831. The average molecular weight is 320 g/mol. The van der Waals surface area contributed by atoms with Crippen LogP contribution in [0.5, 0.6) is 0 Å². The van der Waals surface area contributed by atoms with Crippen LogP contribution in [0, 0.1) is 0 Å². The van der Waals surface area contributed by atoms with Crippen LogP contribution >= 0.6 is 15.9 Å². The van der Waals surface area contributed by atoms with E-state index < -0.39 is 0 Å². The molecule has 2 rings (SSSR count). The van der Waals surface area contributed by atoms with Crippen LogP contribution in [0.4, 0.5) is 17.2 Å². The minimum Gasteiger partial charge on any atom is -0.372 e. The maximum atomic E-state index is 4.35. The van der Waals surface area contributed by atoms with Crippen molar-refractivity contribution in [3.05, 3.63) is 47.1 Å². The van der Waals surface area contributed by atoms with Gasteiger partial charge in [-0.2, -0.15) is 0 Å². The fourth-order valence-corrected chi connectivity index (χ4v) is 2.31. The van der Waals surface area contributed by atoms with Crippen molar-refractivity contribution in [3.8, 4) is 0 Å². The smallest absolute Gasteiger partial charge is 0.131 e. The molecule has 2 aromatic rings. The van der Waals surface area contributed by atoms with Gasteiger partial charge in [0.15, 0.2) is 0 Å². The Labute approximate surface area is 122 Å². The Hall–Kier alpha value is -1.55. The Morgan fingerprint density at radius 3 is 2.32 bits per heavy atom. The second kappa shape index (κ2) is 6.57. The number of rotatable bonds is 5. The molecule has 100 valence electrons. The second-order valence-corrected chi connectivity index (χ2v) is 5.00. The summed E-state index contributed by atoms with van der Waals surface area (Å²) >= 11 is 3.37. The molecule has 1 aromatic carbocycles. The topological polar surface area (TPSA) is 28.2 Å². The zero-order valence-electron chi connectivity index (χ0n) is 11.2. The van der Waals surface area contributed by atoms with Gasteiger partial charge in [-0.15, -0.1) is 0 Å². The van der Waals surface area contributed by atoms with Crippen molar-refractivity contribution in [2.24, 2.45) is 0 Å². The van der Waals surface area contributed by atoms with E-state index in [0.717, 1.165) is 29.2 Å². The van der Waals surface area contributed by atoms with Crippen LogP contribution in [0.25, 0.3) is 0 Å². The predicted molar refractivity (Wildman–Crippen MR) is 85.2 cm³/mol. The third-order valence-corrected chi connectivity index (χ3v) is 3.43. The summed E-state index contributed by atoms with van der Waals surface area (Å²) in [6, 6.07) is 14.2. The van der Waals surface area contributed by atoms with Crippen LogP contribution in [0.3, 0.4) is 0 Å². The van der Waals surface area contributed by atoms with Crippen molar-refractivity contribution in [1.29, 1.82) is 0 Å². The van der Waals surface area contributed by atoms with Crippen molar-refractivity contribution in [3.63, 3.8) is 0 Å². The summed E-state index contributed by atoms with van der Waals surface area (Å²) in [4.78, 5) is 6.67. The van der Waals surface area contributed by atoms with E-state index in [9.17, 15) is 0 Å². The number of anilines is 3. The van der Waals surface area contributed by atoms with Crippen LogP contribution in [0.1, 0.15) is 13.8 Å². The molecule has 0 aliphatic carbocycles. The zero-order valence-corrected chi connectivity index (χ0v) is 12.8. The SMILES string of the molecule is CCN(CC)c1ccc(Nc2cccc(Br)n2)cc1. The molecule has 1 N–H and O–H groups in total. The highest BCUT2D eigenvalue weighted by Gasteiger charge is 2.02. The molecule has 0 amide bonds. The van der Waals surface area contributed by atoms with E-state index >= 15 is 0 Å². The first-order valence-electron chi connectivity index (χ1n) is 6.47. The predicted octanol–water partition coefficient (Wildman–Crippen LogP) is 4.43. The van der Waals surface area contributed by atoms with Gasteiger partial charge in [-0.05, 0) is 66.2 Å². The zero-order chi connectivity index (χ0) is 13.7. The maximum absolute atomic E-state index is 4.35. The van der Waals surface area contributed by atoms with Crippen LogP contribution in [0.2, 0.25) is 0 Å². The molecule has 0 saturated heterocycles. The summed E-state index contributed by atoms with van der Waals surface area (Å²) in [6.45, 7) is 6.38. The maximum Gasteiger partial charge on any atom is 0.131 e. The summed E-state index contributed by atoms with van der Waals surface area (Å²) < 4.78 is 0.831. The van der Waals surface area contributed by atoms with Crippen molar-refractivity contribution < 1.29 is 0 Å².